The van der Waals surface area contributed by atoms with Gasteiger partial charge in [-0.05, 0) is 70.2 Å². The van der Waals surface area contributed by atoms with Crippen LogP contribution in [0.3, 0.4) is 0 Å². The summed E-state index contributed by atoms with van der Waals surface area (Å²) in [5.41, 5.74) is 8.16. The van der Waals surface area contributed by atoms with Crippen molar-refractivity contribution in [3.05, 3.63) is 101 Å². The molecule has 3 aliphatic rings. The third-order valence-corrected chi connectivity index (χ3v) is 4.58. The molecule has 0 aromatic carbocycles. The molecule has 1 aliphatic heterocycles. The van der Waals surface area contributed by atoms with Crippen molar-refractivity contribution in [2.45, 2.75) is 37.8 Å². The normalized spacial score (nSPS) is 25.8. The van der Waals surface area contributed by atoms with Gasteiger partial charge in [-0.2, -0.15) is 0 Å². The molecule has 3 fully saturated rings. The Kier molecular flexibility index (Phi) is 10.1. The fourth-order valence-electron chi connectivity index (χ4n) is 3.07. The van der Waals surface area contributed by atoms with Crippen LogP contribution in [0.5, 0.6) is 0 Å². The first-order valence-corrected chi connectivity index (χ1v) is 9.23. The van der Waals surface area contributed by atoms with E-state index in [1.165, 1.54) is 10.8 Å². The van der Waals surface area contributed by atoms with E-state index >= 15 is 0 Å². The predicted molar refractivity (Wildman–Crippen MR) is 106 cm³/mol. The molecular weight excluding hydrogens is 430 g/mol. The average molecular weight is 452 g/mol. The van der Waals surface area contributed by atoms with Crippen LogP contribution in [0.4, 0.5) is 0 Å². The van der Waals surface area contributed by atoms with Crippen molar-refractivity contribution in [2.75, 3.05) is 6.61 Å². The van der Waals surface area contributed by atoms with Crippen LogP contribution in [0.1, 0.15) is 18.2 Å². The quantitative estimate of drug-likeness (QED) is 0.318. The Hall–Kier alpha value is -1.57. The van der Waals surface area contributed by atoms with E-state index in [2.05, 4.69) is 15.0 Å². The van der Waals surface area contributed by atoms with Crippen LogP contribution in [0, 0.1) is 64.7 Å². The van der Waals surface area contributed by atoms with E-state index in [1.54, 1.807) is 6.92 Å². The largest absolute Gasteiger partial charge is 2.00 e. The Bertz CT molecular complexity index is 818. The van der Waals surface area contributed by atoms with E-state index < -0.39 is 29.6 Å². The second-order valence-corrected chi connectivity index (χ2v) is 6.65. The predicted octanol–water partition coefficient (Wildman–Crippen LogP) is 2.05. The van der Waals surface area contributed by atoms with Crippen LogP contribution in [0.15, 0.2) is 20.9 Å². The Morgan fingerprint density at radius 1 is 1.20 bits per heavy atom. The molecule has 157 valence electrons. The fraction of sp³-hybridized carbons (Fsp3) is 0.350. The molecule has 0 bridgehead atoms. The second kappa shape index (κ2) is 12.3. The number of ether oxygens (including phenoxy) is 2. The number of nitrogens with zero attached hydrogens (tertiary/aromatic N) is 4. The zero-order valence-corrected chi connectivity index (χ0v) is 17.4. The summed E-state index contributed by atoms with van der Waals surface area (Å²) < 4.78 is 12.9. The van der Waals surface area contributed by atoms with Crippen molar-refractivity contribution >= 4 is 0 Å². The van der Waals surface area contributed by atoms with Gasteiger partial charge < -0.3 is 9.47 Å². The minimum Gasteiger partial charge on any atom is -0.375 e. The van der Waals surface area contributed by atoms with Crippen molar-refractivity contribution in [3.63, 3.8) is 0 Å². The van der Waals surface area contributed by atoms with Gasteiger partial charge in [-0.1, -0.05) is 5.11 Å². The molecule has 1 N–H and O–H groups in total. The summed E-state index contributed by atoms with van der Waals surface area (Å²) >= 11 is 0. The number of rotatable bonds is 5. The number of aromatic amines is 1. The molecular formula is C20H22FeN5O4+2. The van der Waals surface area contributed by atoms with Crippen LogP contribution >= 0.6 is 0 Å². The SMILES string of the molecule is Cc1cn([C@H]2C[C@H](N=[N+]=[N-])[C@@H](COC3[CH][CH][CH][CH]3)O2)c(=O)[nH]c1=O.[CH]1[CH][CH][CH][CH]1.[Fe+2]. The first-order chi connectivity index (χ1) is 14.1. The standard InChI is InChI=1S/C15H17N5O4.C5H5.Fe/c1-9-7-20(15(22)17-14(9)21)13-6-11(18-19-16)12(24-13)8-23-10-4-2-3-5-10;1-2-4-5-3-1;/h2-5,7,10-13H,6,8H2,1H3,(H,17,21,22);1-5H;/q;;+2/t11-,12+,13+;;/m0../s1. The van der Waals surface area contributed by atoms with Gasteiger partial charge in [0.25, 0.3) is 5.56 Å². The number of H-pyrrole nitrogens is 1. The number of hydrogen-bond donors (Lipinski definition) is 1. The molecule has 2 heterocycles. The number of hydrogen-bond acceptors (Lipinski definition) is 5. The van der Waals surface area contributed by atoms with Crippen molar-refractivity contribution in [1.29, 1.82) is 0 Å². The average Bonchev–Trinajstić information content (AvgIpc) is 3.47. The van der Waals surface area contributed by atoms with Crippen LogP contribution in [0.2, 0.25) is 0 Å². The summed E-state index contributed by atoms with van der Waals surface area (Å²) in [5, 5.41) is 3.75. The maximum atomic E-state index is 12.0. The van der Waals surface area contributed by atoms with E-state index in [9.17, 15) is 9.59 Å². The minimum absolute atomic E-state index is 0. The molecule has 2 aliphatic carbocycles. The van der Waals surface area contributed by atoms with Gasteiger partial charge >= 0.3 is 22.8 Å². The Labute approximate surface area is 186 Å². The Balaban J connectivity index is 0.000000468. The summed E-state index contributed by atoms with van der Waals surface area (Å²) in [4.78, 5) is 28.6. The van der Waals surface area contributed by atoms with E-state index in [4.69, 9.17) is 15.0 Å². The van der Waals surface area contributed by atoms with Crippen molar-refractivity contribution in [1.82, 2.24) is 9.55 Å². The van der Waals surface area contributed by atoms with Crippen molar-refractivity contribution < 1.29 is 26.5 Å². The molecule has 9 radical (unpaired) electrons. The van der Waals surface area contributed by atoms with Crippen LogP contribution in [-0.2, 0) is 26.5 Å². The summed E-state index contributed by atoms with van der Waals surface area (Å²) in [7, 11) is 0. The molecule has 2 saturated carbocycles. The van der Waals surface area contributed by atoms with E-state index in [0.717, 1.165) is 0 Å². The van der Waals surface area contributed by atoms with Crippen LogP contribution in [-0.4, -0.2) is 34.4 Å². The molecule has 0 unspecified atom stereocenters. The number of nitrogens with one attached hydrogen (secondary N) is 1. The van der Waals surface area contributed by atoms with Gasteiger partial charge in [0, 0.05) is 23.1 Å². The third-order valence-electron chi connectivity index (χ3n) is 4.58. The van der Waals surface area contributed by atoms with Gasteiger partial charge in [0.05, 0.1) is 24.9 Å². The molecule has 9 nitrogen and oxygen atoms in total. The fourth-order valence-corrected chi connectivity index (χ4v) is 3.07. The van der Waals surface area contributed by atoms with E-state index in [0.29, 0.717) is 12.0 Å². The van der Waals surface area contributed by atoms with Crippen molar-refractivity contribution in [3.8, 4) is 0 Å². The van der Waals surface area contributed by atoms with Gasteiger partial charge in [0.15, 0.2) is 0 Å². The van der Waals surface area contributed by atoms with Crippen LogP contribution in [0.25, 0.3) is 10.4 Å². The second-order valence-electron chi connectivity index (χ2n) is 6.65. The molecule has 4 rings (SSSR count). The zero-order chi connectivity index (χ0) is 20.6. The number of azide groups is 1. The van der Waals surface area contributed by atoms with Crippen molar-refractivity contribution in [2.24, 2.45) is 5.11 Å². The molecule has 0 amide bonds. The summed E-state index contributed by atoms with van der Waals surface area (Å²) in [6.07, 6.45) is 18.1. The maximum Gasteiger partial charge on any atom is 2.00 e. The molecule has 10 heteroatoms. The number of aryl methyl sites for hydroxylation is 1. The smallest absolute Gasteiger partial charge is 0.375 e. The van der Waals surface area contributed by atoms with Gasteiger partial charge in [0.1, 0.15) is 6.23 Å². The molecule has 1 saturated heterocycles. The monoisotopic (exact) mass is 452 g/mol. The maximum absolute atomic E-state index is 12.0. The molecule has 3 atom stereocenters. The first-order valence-electron chi connectivity index (χ1n) is 9.23. The molecule has 1 aromatic heterocycles. The molecule has 0 spiro atoms. The minimum atomic E-state index is -0.619. The molecule has 1 aromatic rings. The zero-order valence-electron chi connectivity index (χ0n) is 16.3. The molecule has 30 heavy (non-hydrogen) atoms. The third kappa shape index (κ3) is 6.72. The number of aromatic nitrogens is 2. The summed E-state index contributed by atoms with van der Waals surface area (Å²) in [6, 6.07) is -0.450. The topological polar surface area (TPSA) is 122 Å². The Morgan fingerprint density at radius 3 is 2.43 bits per heavy atom. The van der Waals surface area contributed by atoms with Gasteiger partial charge in [-0.25, -0.2) is 4.79 Å². The summed E-state index contributed by atoms with van der Waals surface area (Å²) in [5.74, 6) is 0. The van der Waals surface area contributed by atoms with Gasteiger partial charge in [-0.15, -0.1) is 0 Å². The van der Waals surface area contributed by atoms with Gasteiger partial charge in [-0.3, -0.25) is 14.3 Å². The Morgan fingerprint density at radius 2 is 1.83 bits per heavy atom. The first kappa shape index (κ1) is 24.7. The van der Waals surface area contributed by atoms with Crippen LogP contribution < -0.4 is 11.2 Å². The van der Waals surface area contributed by atoms with Gasteiger partial charge in [0.2, 0.25) is 0 Å². The van der Waals surface area contributed by atoms with E-state index in [-0.39, 0.29) is 29.8 Å². The summed E-state index contributed by atoms with van der Waals surface area (Å²) in [6.45, 7) is 1.84. The van der Waals surface area contributed by atoms with E-state index in [1.807, 2.05) is 57.8 Å².